The van der Waals surface area contributed by atoms with Crippen LogP contribution in [0.3, 0.4) is 0 Å². The molecular formula is C124H122B2N6O2. The molecule has 0 fully saturated rings. The van der Waals surface area contributed by atoms with Gasteiger partial charge in [-0.3, -0.25) is 0 Å². The van der Waals surface area contributed by atoms with Gasteiger partial charge in [0.1, 0.15) is 11.5 Å². The molecule has 0 spiro atoms. The average molecular weight is 1750 g/mol. The first-order chi connectivity index (χ1) is 64.0. The summed E-state index contributed by atoms with van der Waals surface area (Å²) >= 11 is 0. The lowest BCUT2D eigenvalue weighted by Gasteiger charge is -2.45. The molecule has 6 aliphatic rings. The van der Waals surface area contributed by atoms with Gasteiger partial charge in [0.25, 0.3) is 13.4 Å². The zero-order valence-electron chi connectivity index (χ0n) is 81.7. The van der Waals surface area contributed by atoms with Crippen molar-refractivity contribution >= 4 is 149 Å². The van der Waals surface area contributed by atoms with E-state index in [-0.39, 0.29) is 56.7 Å². The summed E-state index contributed by atoms with van der Waals surface area (Å²) in [5, 5.41) is 0. The van der Waals surface area contributed by atoms with Crippen LogP contribution in [0.4, 0.5) is 102 Å². The molecule has 16 aromatic rings. The van der Waals surface area contributed by atoms with Crippen LogP contribution in [-0.2, 0) is 43.3 Å². The number of rotatable bonds is 13. The van der Waals surface area contributed by atoms with E-state index in [4.69, 9.17) is 8.83 Å². The molecule has 0 atom stereocenters. The van der Waals surface area contributed by atoms with Gasteiger partial charge >= 0.3 is 0 Å². The van der Waals surface area contributed by atoms with Gasteiger partial charge in [-0.2, -0.15) is 0 Å². The van der Waals surface area contributed by atoms with E-state index in [2.05, 4.69) is 495 Å². The van der Waals surface area contributed by atoms with Crippen molar-refractivity contribution in [1.29, 1.82) is 0 Å². The maximum absolute atomic E-state index is 8.03. The largest absolute Gasteiger partial charge is 0.472 e. The van der Waals surface area contributed by atoms with Crippen LogP contribution in [-0.4, -0.2) is 13.4 Å². The highest BCUT2D eigenvalue weighted by Gasteiger charge is 2.56. The van der Waals surface area contributed by atoms with Crippen LogP contribution >= 0.6 is 0 Å². The molecule has 2 aromatic heterocycles. The van der Waals surface area contributed by atoms with Crippen LogP contribution in [0.25, 0.3) is 33.4 Å². The first-order valence-electron chi connectivity index (χ1n) is 48.6. The molecule has 14 aromatic carbocycles. The fraction of sp³-hybridized carbons (Fsp3) is 0.258. The van der Waals surface area contributed by atoms with Gasteiger partial charge in [0.2, 0.25) is 0 Å². The quantitative estimate of drug-likeness (QED) is 0.106. The Morgan fingerprint density at radius 2 is 0.530 bits per heavy atom. The van der Waals surface area contributed by atoms with E-state index in [0.29, 0.717) is 0 Å². The van der Waals surface area contributed by atoms with E-state index in [0.717, 1.165) is 173 Å². The molecule has 0 unspecified atom stereocenters. The highest BCUT2D eigenvalue weighted by Crippen LogP contribution is 2.60. The van der Waals surface area contributed by atoms with Crippen LogP contribution in [0.2, 0.25) is 0 Å². The summed E-state index contributed by atoms with van der Waals surface area (Å²) in [7, 11) is 0. The van der Waals surface area contributed by atoms with Gasteiger partial charge < -0.3 is 38.2 Å². The van der Waals surface area contributed by atoms with Crippen molar-refractivity contribution in [3.63, 3.8) is 0 Å². The zero-order chi connectivity index (χ0) is 93.0. The van der Waals surface area contributed by atoms with E-state index in [9.17, 15) is 0 Å². The molecule has 0 saturated heterocycles. The van der Waals surface area contributed by atoms with E-state index in [1.54, 1.807) is 0 Å². The fourth-order valence-corrected chi connectivity index (χ4v) is 22.6. The average Bonchev–Trinajstić information content (AvgIpc) is 1.46. The SMILES string of the molecule is CC(C)(C)c1ccc(N2c3ccc(C(C)(C)C)cc3B3c4oc5c(c4N(c4ccc(C(C)(C)C)cc4)c4cc(N(c6ccccc6)c6cccc(-c7ccc(-c8ccc9c(c8)B8c%10oc%11c(c%10N(c%10ccc(C(C)(C)C)cc%10)c%10cc(N(c%12ccccc%12)c%12ccccc%12)cc(c%108)N9c8ccc(-c9ccccc9)cc8)C(C)(C)CCC%11(C)C)cc7)c6)cc2c43)C(C)(C)CCC5(C)C)cc1. The molecule has 0 N–H and O–H groups in total. The summed E-state index contributed by atoms with van der Waals surface area (Å²) in [4.78, 5) is 15.3. The standard InChI is InChI=1S/C124H122B2N6O2/c1-117(2,3)85-51-60-93(61-52-85)130-102-67-57-88(120(10,11)12)74-100(102)126-110-104(130)76-98(78-106(110)132(95-64-55-87(56-65-95)119(7,8)9)112-108-114(134-116(112)126)124(19,20)71-69-122(108,15)16)128(91-41-31-24-32-42-91)96-43-33-36-83(72-96)81-44-46-82(47-45-81)84-50-66-101-99(73-84)125-109-103(129(101)92-58-48-80(49-59-92)79-34-25-21-26-35-79)75-97(127(89-37-27-22-28-38-89)90-39-29-23-30-40-90)77-105(109)131(94-62-53-86(54-63-94)118(4,5)6)111-107-113(133-115(111)125)123(17,18)70-68-121(107,13)14/h21-67,72-78H,68-71H2,1-20H3. The Bertz CT molecular complexity index is 7230. The minimum Gasteiger partial charge on any atom is -0.472 e. The molecule has 666 valence electrons. The first kappa shape index (κ1) is 86.0. The number of hydrogen-bond acceptors (Lipinski definition) is 8. The molecule has 2 aliphatic carbocycles. The summed E-state index contributed by atoms with van der Waals surface area (Å²) in [6.07, 6.45) is 4.08. The Kier molecular flexibility index (Phi) is 19.9. The van der Waals surface area contributed by atoms with Gasteiger partial charge in [0.05, 0.1) is 34.1 Å². The summed E-state index contributed by atoms with van der Waals surface area (Å²) in [5.41, 5.74) is 40.1. The molecule has 8 nitrogen and oxygen atoms in total. The number of fused-ring (bicyclic) bond motifs is 12. The summed E-state index contributed by atoms with van der Waals surface area (Å²) in [6.45, 7) is 46.8. The Morgan fingerprint density at radius 1 is 0.246 bits per heavy atom. The Morgan fingerprint density at radius 3 is 0.925 bits per heavy atom. The van der Waals surface area contributed by atoms with Crippen molar-refractivity contribution in [3.8, 4) is 33.4 Å². The monoisotopic (exact) mass is 1750 g/mol. The fourth-order valence-electron chi connectivity index (χ4n) is 22.6. The van der Waals surface area contributed by atoms with E-state index < -0.39 is 0 Å². The minimum atomic E-state index is -0.315. The second kappa shape index (κ2) is 31.1. The summed E-state index contributed by atoms with van der Waals surface area (Å²) < 4.78 is 16.0. The third-order valence-electron chi connectivity index (χ3n) is 30.4. The van der Waals surface area contributed by atoms with Crippen molar-refractivity contribution < 1.29 is 8.83 Å². The predicted molar refractivity (Wildman–Crippen MR) is 570 cm³/mol. The lowest BCUT2D eigenvalue weighted by Crippen LogP contribution is -2.61. The van der Waals surface area contributed by atoms with Gasteiger partial charge in [-0.05, 0) is 269 Å². The number of nitrogens with zero attached hydrogens (tertiary/aromatic N) is 6. The number of benzene rings is 14. The topological polar surface area (TPSA) is 45.7 Å². The molecule has 10 heteroatoms. The lowest BCUT2D eigenvalue weighted by molar-refractivity contribution is 0.282. The number of anilines is 18. The van der Waals surface area contributed by atoms with Crippen LogP contribution in [0.15, 0.2) is 336 Å². The maximum Gasteiger partial charge on any atom is 0.297 e. The van der Waals surface area contributed by atoms with Crippen molar-refractivity contribution in [2.75, 3.05) is 29.4 Å². The number of para-hydroxylation sites is 3. The second-order valence-electron chi connectivity index (χ2n) is 45.5. The maximum atomic E-state index is 8.03. The van der Waals surface area contributed by atoms with Crippen LogP contribution < -0.4 is 62.6 Å². The summed E-state index contributed by atoms with van der Waals surface area (Å²) in [6, 6.07) is 125. The summed E-state index contributed by atoms with van der Waals surface area (Å²) in [5.74, 6) is 2.19. The van der Waals surface area contributed by atoms with Crippen molar-refractivity contribution in [2.24, 2.45) is 0 Å². The molecule has 6 heterocycles. The number of furan rings is 2. The van der Waals surface area contributed by atoms with Crippen LogP contribution in [0.1, 0.15) is 209 Å². The molecule has 4 aliphatic heterocycles. The lowest BCUT2D eigenvalue weighted by atomic mass is 9.35. The third kappa shape index (κ3) is 14.3. The molecular weight excluding hydrogens is 1630 g/mol. The van der Waals surface area contributed by atoms with Crippen LogP contribution in [0.5, 0.6) is 0 Å². The minimum absolute atomic E-state index is 0.0523. The van der Waals surface area contributed by atoms with Gasteiger partial charge in [-0.25, -0.2) is 0 Å². The first-order valence-corrected chi connectivity index (χ1v) is 48.6. The van der Waals surface area contributed by atoms with Crippen LogP contribution in [0, 0.1) is 0 Å². The molecule has 0 bridgehead atoms. The van der Waals surface area contributed by atoms with Gasteiger partial charge in [-0.15, -0.1) is 0 Å². The van der Waals surface area contributed by atoms with E-state index in [1.165, 1.54) is 66.5 Å². The zero-order valence-corrected chi connectivity index (χ0v) is 81.7. The molecule has 134 heavy (non-hydrogen) atoms. The van der Waals surface area contributed by atoms with E-state index >= 15 is 0 Å². The Labute approximate surface area is 795 Å². The molecule has 0 radical (unpaired) electrons. The molecule has 0 saturated carbocycles. The normalized spacial score (nSPS) is 15.8. The predicted octanol–water partition coefficient (Wildman–Crippen LogP) is 30.9. The smallest absolute Gasteiger partial charge is 0.297 e. The van der Waals surface area contributed by atoms with Gasteiger partial charge in [0, 0.05) is 102 Å². The van der Waals surface area contributed by atoms with Crippen molar-refractivity contribution in [3.05, 3.63) is 372 Å². The highest BCUT2D eigenvalue weighted by atomic mass is 16.3. The molecule has 22 rings (SSSR count). The Balaban J connectivity index is 0.728. The van der Waals surface area contributed by atoms with Gasteiger partial charge in [0.15, 0.2) is 0 Å². The van der Waals surface area contributed by atoms with E-state index in [1.807, 2.05) is 0 Å². The van der Waals surface area contributed by atoms with Crippen molar-refractivity contribution in [1.82, 2.24) is 0 Å². The number of hydrogen-bond donors (Lipinski definition) is 0. The van der Waals surface area contributed by atoms with Crippen molar-refractivity contribution in [2.45, 2.75) is 207 Å². The second-order valence-corrected chi connectivity index (χ2v) is 45.5. The molecule has 0 amide bonds. The Hall–Kier alpha value is -13.4. The highest BCUT2D eigenvalue weighted by molar-refractivity contribution is 7.00. The third-order valence-corrected chi connectivity index (χ3v) is 30.4. The van der Waals surface area contributed by atoms with Gasteiger partial charge in [-0.1, -0.05) is 333 Å².